The highest BCUT2D eigenvalue weighted by molar-refractivity contribution is 5.98. The van der Waals surface area contributed by atoms with Gasteiger partial charge in [-0.1, -0.05) is 0 Å². The summed E-state index contributed by atoms with van der Waals surface area (Å²) in [5.41, 5.74) is 1.47. The first-order valence-electron chi connectivity index (χ1n) is 8.70. The predicted molar refractivity (Wildman–Crippen MR) is 90.8 cm³/mol. The van der Waals surface area contributed by atoms with Crippen molar-refractivity contribution in [2.24, 2.45) is 11.8 Å². The first kappa shape index (κ1) is 16.9. The third kappa shape index (κ3) is 3.04. The number of nitrogens with one attached hydrogen (secondary N) is 1. The summed E-state index contributed by atoms with van der Waals surface area (Å²) >= 11 is 0. The Morgan fingerprint density at radius 1 is 1.42 bits per heavy atom. The molecule has 1 aliphatic carbocycles. The van der Waals surface area contributed by atoms with Crippen LogP contribution in [0.5, 0.6) is 0 Å². The van der Waals surface area contributed by atoms with E-state index in [2.05, 4.69) is 10.2 Å². The van der Waals surface area contributed by atoms with Crippen LogP contribution in [0.4, 0.5) is 8.78 Å². The Morgan fingerprint density at radius 3 is 2.92 bits per heavy atom. The van der Waals surface area contributed by atoms with E-state index in [1.165, 1.54) is 4.90 Å². The van der Waals surface area contributed by atoms with E-state index in [0.29, 0.717) is 25.2 Å². The second-order valence-corrected chi connectivity index (χ2v) is 7.31. The number of fused-ring (bicyclic) bond motifs is 1. The van der Waals surface area contributed by atoms with E-state index in [0.717, 1.165) is 17.3 Å². The van der Waals surface area contributed by atoms with Gasteiger partial charge in [0, 0.05) is 44.1 Å². The highest BCUT2D eigenvalue weighted by Gasteiger charge is 2.62. The monoisotopic (exact) mass is 362 g/mol. The van der Waals surface area contributed by atoms with Crippen molar-refractivity contribution < 1.29 is 18.4 Å². The van der Waals surface area contributed by atoms with Crippen LogP contribution >= 0.6 is 0 Å². The number of likely N-dealkylation sites (tertiary alicyclic amines) is 1. The number of H-pyrrole nitrogens is 1. The smallest absolute Gasteiger partial charge is 0.260 e. The molecule has 1 aromatic carbocycles. The highest BCUT2D eigenvalue weighted by atomic mass is 19.3. The number of hydrogen-bond acceptors (Lipinski definition) is 3. The largest absolute Gasteiger partial charge is 0.345 e. The normalized spacial score (nSPS) is 24.0. The summed E-state index contributed by atoms with van der Waals surface area (Å²) < 4.78 is 26.1. The molecule has 2 heterocycles. The Labute approximate surface area is 149 Å². The van der Waals surface area contributed by atoms with Gasteiger partial charge in [-0.15, -0.1) is 0 Å². The summed E-state index contributed by atoms with van der Waals surface area (Å²) in [6, 6.07) is 5.39. The van der Waals surface area contributed by atoms with Crippen LogP contribution in [0.3, 0.4) is 0 Å². The molecule has 2 amide bonds. The molecule has 1 N–H and O–H groups in total. The Bertz CT molecular complexity index is 866. The van der Waals surface area contributed by atoms with Gasteiger partial charge in [0.1, 0.15) is 5.92 Å². The Morgan fingerprint density at radius 2 is 2.19 bits per heavy atom. The lowest BCUT2D eigenvalue weighted by Crippen LogP contribution is -2.36. The summed E-state index contributed by atoms with van der Waals surface area (Å²) in [5.74, 6) is -4.44. The summed E-state index contributed by atoms with van der Waals surface area (Å²) in [6.45, 7) is 1.53. The third-order valence-electron chi connectivity index (χ3n) is 5.29. The van der Waals surface area contributed by atoms with Crippen LogP contribution in [-0.2, 0) is 4.79 Å². The molecule has 4 rings (SSSR count). The van der Waals surface area contributed by atoms with Crippen LogP contribution in [0.25, 0.3) is 10.9 Å². The summed E-state index contributed by atoms with van der Waals surface area (Å²) in [6.07, 6.45) is 2.09. The molecule has 2 unspecified atom stereocenters. The topological polar surface area (TPSA) is 69.3 Å². The molecule has 1 saturated heterocycles. The standard InChI is InChI=1S/C18H20F2N4O2/c1-23(17(26)14-7-18(14,19)20)9-11-4-5-24(10-11)16(25)12-2-3-15-13(6-12)8-21-22-15/h2-3,6,8,11,14H,4-5,7,9-10H2,1H3,(H,21,22). The van der Waals surface area contributed by atoms with Crippen molar-refractivity contribution in [3.63, 3.8) is 0 Å². The minimum atomic E-state index is -2.84. The minimum absolute atomic E-state index is 0.0571. The number of alkyl halides is 2. The number of aromatic nitrogens is 2. The first-order chi connectivity index (χ1) is 12.3. The van der Waals surface area contributed by atoms with Gasteiger partial charge >= 0.3 is 0 Å². The van der Waals surface area contributed by atoms with Crippen molar-refractivity contribution in [2.75, 3.05) is 26.7 Å². The van der Waals surface area contributed by atoms with Crippen molar-refractivity contribution in [3.8, 4) is 0 Å². The molecular formula is C18H20F2N4O2. The summed E-state index contributed by atoms with van der Waals surface area (Å²) in [5, 5.41) is 7.67. The molecule has 138 valence electrons. The van der Waals surface area contributed by atoms with Gasteiger partial charge in [-0.3, -0.25) is 14.7 Å². The molecule has 2 fully saturated rings. The maximum atomic E-state index is 13.1. The zero-order valence-electron chi connectivity index (χ0n) is 14.4. The molecular weight excluding hydrogens is 342 g/mol. The number of carbonyl (C=O) groups excluding carboxylic acids is 2. The Balaban J connectivity index is 1.35. The van der Waals surface area contributed by atoms with Crippen molar-refractivity contribution in [2.45, 2.75) is 18.8 Å². The lowest BCUT2D eigenvalue weighted by molar-refractivity contribution is -0.134. The Kier molecular flexibility index (Phi) is 3.93. The van der Waals surface area contributed by atoms with Crippen LogP contribution in [0, 0.1) is 11.8 Å². The van der Waals surface area contributed by atoms with Crippen LogP contribution in [0.15, 0.2) is 24.4 Å². The molecule has 0 radical (unpaired) electrons. The van der Waals surface area contributed by atoms with Gasteiger partial charge in [0.05, 0.1) is 11.7 Å². The predicted octanol–water partition coefficient (Wildman–Crippen LogP) is 2.14. The summed E-state index contributed by atoms with van der Waals surface area (Å²) in [7, 11) is 1.56. The molecule has 0 bridgehead atoms. The average molecular weight is 362 g/mol. The van der Waals surface area contributed by atoms with Crippen LogP contribution < -0.4 is 0 Å². The number of nitrogens with zero attached hydrogens (tertiary/aromatic N) is 3. The molecule has 26 heavy (non-hydrogen) atoms. The van der Waals surface area contributed by atoms with Gasteiger partial charge in [-0.05, 0) is 30.5 Å². The fourth-order valence-electron chi connectivity index (χ4n) is 3.65. The molecule has 1 saturated carbocycles. The van der Waals surface area contributed by atoms with Crippen LogP contribution in [-0.4, -0.2) is 64.4 Å². The van der Waals surface area contributed by atoms with Crippen molar-refractivity contribution in [1.29, 1.82) is 0 Å². The minimum Gasteiger partial charge on any atom is -0.345 e. The van der Waals surface area contributed by atoms with E-state index in [1.807, 2.05) is 6.07 Å². The van der Waals surface area contributed by atoms with Gasteiger partial charge in [0.25, 0.3) is 11.8 Å². The summed E-state index contributed by atoms with van der Waals surface area (Å²) in [4.78, 5) is 27.8. The average Bonchev–Trinajstić information content (AvgIpc) is 3.02. The van der Waals surface area contributed by atoms with E-state index < -0.39 is 17.7 Å². The third-order valence-corrected chi connectivity index (χ3v) is 5.29. The number of halogens is 2. The van der Waals surface area contributed by atoms with Gasteiger partial charge in [0.15, 0.2) is 0 Å². The number of aromatic amines is 1. The first-order valence-corrected chi connectivity index (χ1v) is 8.70. The van der Waals surface area contributed by atoms with Crippen LogP contribution in [0.1, 0.15) is 23.2 Å². The molecule has 2 aliphatic rings. The zero-order valence-corrected chi connectivity index (χ0v) is 14.4. The van der Waals surface area contributed by atoms with Gasteiger partial charge in [-0.2, -0.15) is 5.10 Å². The Hall–Kier alpha value is -2.51. The van der Waals surface area contributed by atoms with Crippen LogP contribution in [0.2, 0.25) is 0 Å². The fourth-order valence-corrected chi connectivity index (χ4v) is 3.65. The molecule has 8 heteroatoms. The van der Waals surface area contributed by atoms with Crippen molar-refractivity contribution >= 4 is 22.7 Å². The van der Waals surface area contributed by atoms with Crippen molar-refractivity contribution in [1.82, 2.24) is 20.0 Å². The SMILES string of the molecule is CN(CC1CCN(C(=O)c2ccc3[nH]ncc3c2)C1)C(=O)C1CC1(F)F. The maximum Gasteiger partial charge on any atom is 0.260 e. The molecule has 6 nitrogen and oxygen atoms in total. The molecule has 2 aromatic rings. The second-order valence-electron chi connectivity index (χ2n) is 7.31. The quantitative estimate of drug-likeness (QED) is 0.906. The molecule has 0 spiro atoms. The molecule has 2 atom stereocenters. The van der Waals surface area contributed by atoms with Gasteiger partial charge in [0.2, 0.25) is 5.91 Å². The molecule has 1 aromatic heterocycles. The molecule has 1 aliphatic heterocycles. The lowest BCUT2D eigenvalue weighted by atomic mass is 10.1. The number of benzene rings is 1. The highest BCUT2D eigenvalue weighted by Crippen LogP contribution is 2.49. The van der Waals surface area contributed by atoms with E-state index in [9.17, 15) is 18.4 Å². The zero-order chi connectivity index (χ0) is 18.5. The number of carbonyl (C=O) groups is 2. The van der Waals surface area contributed by atoms with E-state index in [4.69, 9.17) is 0 Å². The lowest BCUT2D eigenvalue weighted by Gasteiger charge is -2.22. The van der Waals surface area contributed by atoms with E-state index >= 15 is 0 Å². The number of amides is 2. The van der Waals surface area contributed by atoms with Gasteiger partial charge < -0.3 is 9.80 Å². The number of rotatable bonds is 4. The maximum absolute atomic E-state index is 13.1. The van der Waals surface area contributed by atoms with E-state index in [-0.39, 0.29) is 18.2 Å². The fraction of sp³-hybridized carbons (Fsp3) is 0.500. The second kappa shape index (κ2) is 6.03. The number of hydrogen-bond donors (Lipinski definition) is 1. The van der Waals surface area contributed by atoms with E-state index in [1.54, 1.807) is 30.3 Å². The van der Waals surface area contributed by atoms with Gasteiger partial charge in [-0.25, -0.2) is 8.78 Å². The van der Waals surface area contributed by atoms with Crippen molar-refractivity contribution in [3.05, 3.63) is 30.0 Å².